The second kappa shape index (κ2) is 14.2. The second-order valence-corrected chi connectivity index (χ2v) is 14.4. The molecule has 5 atom stereocenters. The molecule has 4 amide bonds. The highest BCUT2D eigenvalue weighted by molar-refractivity contribution is 7.13. The SMILES string of the molecule is COc1ccc(-c2nn(C3C[C@H]4C(=O)N[C@]5(C(=O)O)C[C@@H]5/C=C\CCCCC[C@H](NC(=O)N5CCCC5)C(=O)N4C3)nc2-c2nccs2)cc1. The highest BCUT2D eigenvalue weighted by Crippen LogP contribution is 2.46. The molecule has 50 heavy (non-hydrogen) atoms. The van der Waals surface area contributed by atoms with Crippen molar-refractivity contribution in [2.24, 2.45) is 5.92 Å². The normalized spacial score (nSPS) is 27.8. The molecular formula is C35H42N8O6S. The number of carbonyl (C=O) groups is 4. The molecule has 4 aliphatic rings. The third-order valence-corrected chi connectivity index (χ3v) is 11.1. The Bertz CT molecular complexity index is 1750. The monoisotopic (exact) mass is 702 g/mol. The van der Waals surface area contributed by atoms with Crippen molar-refractivity contribution in [3.05, 3.63) is 48.0 Å². The van der Waals surface area contributed by atoms with Gasteiger partial charge in [-0.2, -0.15) is 9.90 Å². The lowest BCUT2D eigenvalue weighted by molar-refractivity contribution is -0.145. The van der Waals surface area contributed by atoms with E-state index in [2.05, 4.69) is 15.6 Å². The van der Waals surface area contributed by atoms with Crippen molar-refractivity contribution < 1.29 is 29.0 Å². The van der Waals surface area contributed by atoms with E-state index in [0.29, 0.717) is 48.1 Å². The van der Waals surface area contributed by atoms with Crippen molar-refractivity contribution in [2.45, 2.75) is 81.5 Å². The first kappa shape index (κ1) is 33.7. The van der Waals surface area contributed by atoms with Crippen LogP contribution in [0, 0.1) is 5.92 Å². The summed E-state index contributed by atoms with van der Waals surface area (Å²) in [5.41, 5.74) is 0.535. The Morgan fingerprint density at radius 3 is 2.56 bits per heavy atom. The molecule has 15 heteroatoms. The third kappa shape index (κ3) is 6.70. The maximum Gasteiger partial charge on any atom is 0.330 e. The predicted molar refractivity (Wildman–Crippen MR) is 184 cm³/mol. The number of methoxy groups -OCH3 is 1. The highest BCUT2D eigenvalue weighted by Gasteiger charge is 2.61. The number of benzene rings is 1. The van der Waals surface area contributed by atoms with E-state index in [-0.39, 0.29) is 37.2 Å². The summed E-state index contributed by atoms with van der Waals surface area (Å²) in [4.78, 5) is 63.7. The van der Waals surface area contributed by atoms with Crippen LogP contribution >= 0.6 is 11.3 Å². The van der Waals surface area contributed by atoms with Crippen LogP contribution in [0.3, 0.4) is 0 Å². The zero-order chi connectivity index (χ0) is 34.8. The minimum atomic E-state index is -1.42. The van der Waals surface area contributed by atoms with Gasteiger partial charge < -0.3 is 30.3 Å². The number of nitrogens with zero attached hydrogens (tertiary/aromatic N) is 6. The lowest BCUT2D eigenvalue weighted by atomic mass is 10.0. The number of carbonyl (C=O) groups excluding carboxylic acids is 3. The summed E-state index contributed by atoms with van der Waals surface area (Å²) in [6, 6.07) is 4.82. The molecule has 264 valence electrons. The second-order valence-electron chi connectivity index (χ2n) is 13.5. The maximum atomic E-state index is 14.5. The summed E-state index contributed by atoms with van der Waals surface area (Å²) in [5, 5.41) is 28.3. The molecular weight excluding hydrogens is 661 g/mol. The summed E-state index contributed by atoms with van der Waals surface area (Å²) in [6.45, 7) is 1.37. The van der Waals surface area contributed by atoms with E-state index in [4.69, 9.17) is 14.9 Å². The largest absolute Gasteiger partial charge is 0.497 e. The number of allylic oxidation sites excluding steroid dienone is 1. The number of rotatable bonds is 6. The van der Waals surface area contributed by atoms with Crippen LogP contribution in [0.4, 0.5) is 4.79 Å². The van der Waals surface area contributed by atoms with Gasteiger partial charge in [0.05, 0.1) is 13.2 Å². The predicted octanol–water partition coefficient (Wildman–Crippen LogP) is 3.87. The smallest absolute Gasteiger partial charge is 0.330 e. The Morgan fingerprint density at radius 2 is 1.84 bits per heavy atom. The molecule has 1 aliphatic carbocycles. The van der Waals surface area contributed by atoms with Gasteiger partial charge in [-0.15, -0.1) is 16.4 Å². The van der Waals surface area contributed by atoms with Gasteiger partial charge in [0.2, 0.25) is 11.8 Å². The van der Waals surface area contributed by atoms with Crippen molar-refractivity contribution in [1.82, 2.24) is 40.4 Å². The Hall–Kier alpha value is -4.79. The fourth-order valence-corrected chi connectivity index (χ4v) is 7.94. The van der Waals surface area contributed by atoms with Crippen LogP contribution in [-0.2, 0) is 14.4 Å². The van der Waals surface area contributed by atoms with E-state index in [9.17, 15) is 24.3 Å². The van der Waals surface area contributed by atoms with Gasteiger partial charge in [-0.25, -0.2) is 14.6 Å². The highest BCUT2D eigenvalue weighted by atomic mass is 32.1. The Labute approximate surface area is 293 Å². The molecule has 14 nitrogen and oxygen atoms in total. The molecule has 3 aliphatic heterocycles. The first-order chi connectivity index (χ1) is 24.3. The molecule has 1 saturated carbocycles. The zero-order valence-electron chi connectivity index (χ0n) is 28.0. The van der Waals surface area contributed by atoms with Crippen LogP contribution in [-0.4, -0.2) is 103 Å². The number of aliphatic carboxylic acids is 1. The number of carboxylic acid groups (broad SMARTS) is 1. The van der Waals surface area contributed by atoms with Crippen molar-refractivity contribution >= 4 is 35.2 Å². The molecule has 1 aromatic carbocycles. The lowest BCUT2D eigenvalue weighted by Gasteiger charge is -2.30. The van der Waals surface area contributed by atoms with Crippen LogP contribution < -0.4 is 15.4 Å². The summed E-state index contributed by atoms with van der Waals surface area (Å²) in [7, 11) is 1.60. The molecule has 3 fully saturated rings. The van der Waals surface area contributed by atoms with Crippen molar-refractivity contribution in [1.29, 1.82) is 0 Å². The molecule has 0 bridgehead atoms. The van der Waals surface area contributed by atoms with Gasteiger partial charge in [0.15, 0.2) is 0 Å². The van der Waals surface area contributed by atoms with Crippen LogP contribution in [0.15, 0.2) is 48.0 Å². The van der Waals surface area contributed by atoms with E-state index in [0.717, 1.165) is 37.7 Å². The number of amides is 4. The van der Waals surface area contributed by atoms with Crippen LogP contribution in [0.25, 0.3) is 22.0 Å². The van der Waals surface area contributed by atoms with Gasteiger partial charge in [0.1, 0.15) is 39.8 Å². The Balaban J connectivity index is 1.23. The number of nitrogens with one attached hydrogen (secondary N) is 2. The number of ether oxygens (including phenoxy) is 1. The van der Waals surface area contributed by atoms with Crippen LogP contribution in [0.1, 0.15) is 63.8 Å². The standard InChI is InChI=1S/C35H42N8O6S/c1-49-25-13-11-22(12-14-25)28-29(31-36-15-18-50-31)40-43(39-28)24-19-27-30(44)38-35(33(46)47)20-23(35)9-5-3-2-4-6-10-26(32(45)42(27)21-24)37-34(48)41-16-7-8-17-41/h5,9,11-15,18,23-24,26-27H,2-4,6-8,10,16-17,19-21H2,1H3,(H,37,48)(H,38,44)(H,46,47)/b9-5-/t23-,24?,26-,27-,35+/m0/s1. The van der Waals surface area contributed by atoms with E-state index in [1.165, 1.54) is 16.2 Å². The number of hydrogen-bond donors (Lipinski definition) is 3. The molecule has 3 N–H and O–H groups in total. The van der Waals surface area contributed by atoms with Gasteiger partial charge in [-0.1, -0.05) is 25.0 Å². The van der Waals surface area contributed by atoms with Crippen molar-refractivity contribution in [3.8, 4) is 27.7 Å². The Morgan fingerprint density at radius 1 is 1.06 bits per heavy atom. The number of likely N-dealkylation sites (tertiary alicyclic amines) is 1. The molecule has 3 aromatic rings. The number of thiazole rings is 1. The molecule has 2 aromatic heterocycles. The molecule has 1 unspecified atom stereocenters. The van der Waals surface area contributed by atoms with Gasteiger partial charge in [0, 0.05) is 49.1 Å². The quantitative estimate of drug-likeness (QED) is 0.323. The Kier molecular flexibility index (Phi) is 9.58. The summed E-state index contributed by atoms with van der Waals surface area (Å²) in [6.07, 6.45) is 11.5. The minimum absolute atomic E-state index is 0.102. The van der Waals surface area contributed by atoms with Gasteiger partial charge in [-0.3, -0.25) is 9.59 Å². The van der Waals surface area contributed by atoms with Crippen LogP contribution in [0.2, 0.25) is 0 Å². The zero-order valence-corrected chi connectivity index (χ0v) is 28.8. The fourth-order valence-electron chi connectivity index (χ4n) is 7.32. The molecule has 0 spiro atoms. The first-order valence-corrected chi connectivity index (χ1v) is 18.2. The fraction of sp³-hybridized carbons (Fsp3) is 0.514. The van der Waals surface area contributed by atoms with Crippen LogP contribution in [0.5, 0.6) is 5.75 Å². The number of hydrogen-bond acceptors (Lipinski definition) is 9. The molecule has 5 heterocycles. The van der Waals surface area contributed by atoms with E-state index in [1.54, 1.807) is 23.0 Å². The van der Waals surface area contributed by atoms with E-state index >= 15 is 0 Å². The number of aromatic nitrogens is 4. The number of urea groups is 1. The van der Waals surface area contributed by atoms with E-state index < -0.39 is 35.5 Å². The summed E-state index contributed by atoms with van der Waals surface area (Å²) in [5.74, 6) is -1.64. The molecule has 0 radical (unpaired) electrons. The van der Waals surface area contributed by atoms with Gasteiger partial charge in [-0.05, 0) is 62.8 Å². The van der Waals surface area contributed by atoms with Gasteiger partial charge >= 0.3 is 12.0 Å². The average molecular weight is 703 g/mol. The minimum Gasteiger partial charge on any atom is -0.497 e. The van der Waals surface area contributed by atoms with Crippen molar-refractivity contribution in [2.75, 3.05) is 26.7 Å². The molecule has 7 rings (SSSR count). The first-order valence-electron chi connectivity index (χ1n) is 17.4. The lowest BCUT2D eigenvalue weighted by Crippen LogP contribution is -2.57. The third-order valence-electron chi connectivity index (χ3n) is 10.3. The topological polar surface area (TPSA) is 172 Å². The summed E-state index contributed by atoms with van der Waals surface area (Å²) >= 11 is 1.43. The summed E-state index contributed by atoms with van der Waals surface area (Å²) < 4.78 is 5.34. The maximum absolute atomic E-state index is 14.5. The average Bonchev–Trinajstić information content (AvgIpc) is 3.77. The number of carboxylic acids is 1. The van der Waals surface area contributed by atoms with Gasteiger partial charge in [0.25, 0.3) is 0 Å². The number of fused-ring (bicyclic) bond motifs is 2. The molecule has 2 saturated heterocycles. The van der Waals surface area contributed by atoms with Crippen molar-refractivity contribution in [3.63, 3.8) is 0 Å². The van der Waals surface area contributed by atoms with E-state index in [1.807, 2.05) is 41.8 Å².